The Morgan fingerprint density at radius 2 is 1.78 bits per heavy atom. The molecule has 32 heavy (non-hydrogen) atoms. The van der Waals surface area contributed by atoms with Crippen LogP contribution < -0.4 is 5.14 Å². The fourth-order valence-corrected chi connectivity index (χ4v) is 7.71. The molecule has 0 unspecified atom stereocenters. The molecule has 2 heterocycles. The number of nitrogens with two attached hydrogens (primary N) is 1. The number of aromatic nitrogens is 1. The van der Waals surface area contributed by atoms with E-state index in [2.05, 4.69) is 75.5 Å². The molecule has 1 fully saturated rings. The van der Waals surface area contributed by atoms with Crippen LogP contribution in [0.3, 0.4) is 0 Å². The lowest BCUT2D eigenvalue weighted by Crippen LogP contribution is -2.37. The molecule has 1 aliphatic carbocycles. The zero-order valence-electron chi connectivity index (χ0n) is 21.0. The molecule has 0 spiro atoms. The second kappa shape index (κ2) is 9.40. The van der Waals surface area contributed by atoms with E-state index in [1.807, 2.05) is 11.9 Å². The number of hydrogen-bond acceptors (Lipinski definition) is 4. The zero-order valence-corrected chi connectivity index (χ0v) is 22.6. The average Bonchev–Trinajstić information content (AvgIpc) is 3.21. The van der Waals surface area contributed by atoms with E-state index in [9.17, 15) is 0 Å². The summed E-state index contributed by atoms with van der Waals surface area (Å²) in [6.07, 6.45) is 6.88. The second-order valence-electron chi connectivity index (χ2n) is 10.9. The maximum atomic E-state index is 6.10. The summed E-state index contributed by atoms with van der Waals surface area (Å²) in [6.45, 7) is 17.4. The van der Waals surface area contributed by atoms with Gasteiger partial charge in [0.05, 0.1) is 5.54 Å². The molecule has 0 amide bonds. The van der Waals surface area contributed by atoms with Gasteiger partial charge in [-0.05, 0) is 118 Å². The van der Waals surface area contributed by atoms with Crippen LogP contribution in [-0.2, 0) is 12.1 Å². The van der Waals surface area contributed by atoms with Crippen LogP contribution >= 0.6 is 23.9 Å². The van der Waals surface area contributed by atoms with Gasteiger partial charge in [0, 0.05) is 33.8 Å². The van der Waals surface area contributed by atoms with Crippen molar-refractivity contribution in [1.29, 1.82) is 0 Å². The molecule has 176 valence electrons. The van der Waals surface area contributed by atoms with Crippen molar-refractivity contribution < 1.29 is 0 Å². The van der Waals surface area contributed by atoms with Crippen molar-refractivity contribution in [2.24, 2.45) is 11.1 Å². The summed E-state index contributed by atoms with van der Waals surface area (Å²) in [4.78, 5) is 2.68. The minimum absolute atomic E-state index is 0.00903. The first-order valence-electron chi connectivity index (χ1n) is 12.4. The monoisotopic (exact) mass is 471 g/mol. The van der Waals surface area contributed by atoms with Crippen LogP contribution in [-0.4, -0.2) is 14.9 Å². The number of fused-ring (bicyclic) bond motifs is 1. The molecule has 2 aliphatic rings. The molecule has 3 nitrogen and oxygen atoms in total. The van der Waals surface area contributed by atoms with Crippen LogP contribution in [0.2, 0.25) is 0 Å². The molecule has 0 atom stereocenters. The van der Waals surface area contributed by atoms with Gasteiger partial charge in [0.2, 0.25) is 0 Å². The molecule has 4 rings (SSSR count). The molecule has 0 radical (unpaired) electrons. The summed E-state index contributed by atoms with van der Waals surface area (Å²) in [6, 6.07) is 7.77. The predicted octanol–water partition coefficient (Wildman–Crippen LogP) is 8.10. The van der Waals surface area contributed by atoms with Crippen LogP contribution in [0.4, 0.5) is 0 Å². The van der Waals surface area contributed by atoms with E-state index < -0.39 is 0 Å². The summed E-state index contributed by atoms with van der Waals surface area (Å²) in [7, 11) is 0. The molecule has 1 saturated carbocycles. The summed E-state index contributed by atoms with van der Waals surface area (Å²) >= 11 is 3.35. The normalized spacial score (nSPS) is 19.3. The van der Waals surface area contributed by atoms with Crippen LogP contribution in [0.15, 0.2) is 28.0 Å². The first-order valence-corrected chi connectivity index (χ1v) is 14.0. The van der Waals surface area contributed by atoms with E-state index in [4.69, 9.17) is 5.14 Å². The van der Waals surface area contributed by atoms with Crippen molar-refractivity contribution in [1.82, 2.24) is 8.87 Å². The van der Waals surface area contributed by atoms with Crippen LogP contribution in [0.5, 0.6) is 0 Å². The third kappa shape index (κ3) is 4.31. The topological polar surface area (TPSA) is 34.2 Å². The lowest BCUT2D eigenvalue weighted by Gasteiger charge is -2.34. The highest BCUT2D eigenvalue weighted by Gasteiger charge is 2.41. The summed E-state index contributed by atoms with van der Waals surface area (Å²) in [5.41, 5.74) is 6.98. The third-order valence-corrected chi connectivity index (χ3v) is 9.90. The molecule has 0 saturated heterocycles. The number of nitrogens with zero attached hydrogens (tertiary/aromatic N) is 2. The zero-order chi connectivity index (χ0) is 23.2. The third-order valence-electron chi connectivity index (χ3n) is 7.52. The molecular formula is C27H41N3S2. The van der Waals surface area contributed by atoms with E-state index >= 15 is 0 Å². The summed E-state index contributed by atoms with van der Waals surface area (Å²) < 4.78 is 5.15. The maximum absolute atomic E-state index is 6.10. The van der Waals surface area contributed by atoms with Crippen molar-refractivity contribution in [2.45, 2.75) is 114 Å². The molecule has 1 aromatic heterocycles. The fourth-order valence-electron chi connectivity index (χ4n) is 5.71. The highest BCUT2D eigenvalue weighted by molar-refractivity contribution is 7.97. The van der Waals surface area contributed by atoms with Crippen LogP contribution in [0, 0.1) is 12.8 Å². The van der Waals surface area contributed by atoms with Crippen molar-refractivity contribution in [3.8, 4) is 11.3 Å². The molecule has 0 bridgehead atoms. The minimum Gasteiger partial charge on any atom is -0.343 e. The Kier molecular flexibility index (Phi) is 7.13. The Morgan fingerprint density at radius 1 is 1.09 bits per heavy atom. The molecule has 5 heteroatoms. The first-order chi connectivity index (χ1) is 15.1. The Hall–Kier alpha value is -0.880. The molecular weight excluding hydrogens is 430 g/mol. The fraction of sp³-hybridized carbons (Fsp3) is 0.630. The van der Waals surface area contributed by atoms with Gasteiger partial charge in [-0.1, -0.05) is 33.1 Å². The Labute approximate surface area is 204 Å². The van der Waals surface area contributed by atoms with E-state index in [0.29, 0.717) is 12.0 Å². The van der Waals surface area contributed by atoms with Gasteiger partial charge in [0.1, 0.15) is 0 Å². The van der Waals surface area contributed by atoms with E-state index in [1.54, 1.807) is 0 Å². The summed E-state index contributed by atoms with van der Waals surface area (Å²) in [5.74, 6) is 1.27. The largest absolute Gasteiger partial charge is 0.343 e. The van der Waals surface area contributed by atoms with Crippen LogP contribution in [0.25, 0.3) is 11.3 Å². The van der Waals surface area contributed by atoms with E-state index in [-0.39, 0.29) is 5.54 Å². The quantitative estimate of drug-likeness (QED) is 0.432. The van der Waals surface area contributed by atoms with Gasteiger partial charge in [-0.25, -0.2) is 4.31 Å². The van der Waals surface area contributed by atoms with Gasteiger partial charge >= 0.3 is 0 Å². The smallest absolute Gasteiger partial charge is 0.0523 e. The predicted molar refractivity (Wildman–Crippen MR) is 141 cm³/mol. The summed E-state index contributed by atoms with van der Waals surface area (Å²) in [5, 5.41) is 6.10. The number of rotatable bonds is 6. The van der Waals surface area contributed by atoms with Crippen LogP contribution in [0.1, 0.15) is 96.4 Å². The van der Waals surface area contributed by atoms with Gasteiger partial charge in [0.15, 0.2) is 0 Å². The van der Waals surface area contributed by atoms with E-state index in [1.165, 1.54) is 81.9 Å². The number of benzene rings is 1. The van der Waals surface area contributed by atoms with Gasteiger partial charge in [0.25, 0.3) is 0 Å². The average molecular weight is 472 g/mol. The Bertz CT molecular complexity index is 968. The highest BCUT2D eigenvalue weighted by Crippen LogP contribution is 2.53. The van der Waals surface area contributed by atoms with Gasteiger partial charge in [-0.3, -0.25) is 5.14 Å². The van der Waals surface area contributed by atoms with Crippen molar-refractivity contribution in [2.75, 3.05) is 0 Å². The minimum atomic E-state index is 0.00903. The highest BCUT2D eigenvalue weighted by atomic mass is 32.2. The van der Waals surface area contributed by atoms with Gasteiger partial charge in [-0.2, -0.15) is 0 Å². The van der Waals surface area contributed by atoms with Crippen molar-refractivity contribution in [3.63, 3.8) is 0 Å². The Morgan fingerprint density at radius 3 is 2.38 bits per heavy atom. The molecule has 2 N–H and O–H groups in total. The van der Waals surface area contributed by atoms with E-state index in [0.717, 1.165) is 12.5 Å². The lowest BCUT2D eigenvalue weighted by atomic mass is 9.87. The number of hydrogen-bond donors (Lipinski definition) is 1. The lowest BCUT2D eigenvalue weighted by molar-refractivity contribution is 0.221. The second-order valence-corrected chi connectivity index (χ2v) is 12.5. The first kappa shape index (κ1) is 24.3. The maximum Gasteiger partial charge on any atom is 0.0523 e. The van der Waals surface area contributed by atoms with Gasteiger partial charge < -0.3 is 4.57 Å². The van der Waals surface area contributed by atoms with Crippen molar-refractivity contribution >= 4 is 23.9 Å². The molecule has 1 aliphatic heterocycles. The molecule has 2 aromatic rings. The SMILES string of the molecule is Cc1c(SN)cc(-c2cc(C(C)C)c3c(c2)C(C)(C)N(C(C)C)S3)n1CC1CCCCC1. The van der Waals surface area contributed by atoms with Gasteiger partial charge in [-0.15, -0.1) is 0 Å². The Balaban J connectivity index is 1.84. The molecule has 1 aromatic carbocycles. The standard InChI is InChI=1S/C27H41N3S2/c1-17(2)22-13-21(14-23-26(22)32-30(18(3)4)27(23,6)7)24-15-25(31-28)19(5)29(24)16-20-11-9-8-10-12-20/h13-15,17-18,20H,8-12,16,28H2,1-7H3. The van der Waals surface area contributed by atoms with Crippen molar-refractivity contribution in [3.05, 3.63) is 35.0 Å².